The molecule has 2 N–H and O–H groups in total. The minimum Gasteiger partial charge on any atom is -0.497 e. The summed E-state index contributed by atoms with van der Waals surface area (Å²) >= 11 is 0. The minimum absolute atomic E-state index is 0.0977. The van der Waals surface area contributed by atoms with Crippen LogP contribution in [0.5, 0.6) is 5.75 Å². The summed E-state index contributed by atoms with van der Waals surface area (Å²) < 4.78 is 7.01. The number of nitrogens with zero attached hydrogens (tertiary/aromatic N) is 2. The Morgan fingerprint density at radius 3 is 2.55 bits per heavy atom. The maximum Gasteiger partial charge on any atom is 0.269 e. The Kier molecular flexibility index (Phi) is 5.36. The van der Waals surface area contributed by atoms with Crippen LogP contribution in [0.3, 0.4) is 0 Å². The lowest BCUT2D eigenvalue weighted by molar-refractivity contribution is 0.0900. The number of amides is 1. The largest absolute Gasteiger partial charge is 0.497 e. The highest BCUT2D eigenvalue weighted by Crippen LogP contribution is 2.25. The Balaban J connectivity index is 1.52. The van der Waals surface area contributed by atoms with Gasteiger partial charge in [-0.25, -0.2) is 4.68 Å². The fraction of sp³-hybridized carbons (Fsp3) is 0.304. The van der Waals surface area contributed by atoms with Gasteiger partial charge in [-0.1, -0.05) is 38.1 Å². The molecule has 0 saturated heterocycles. The smallest absolute Gasteiger partial charge is 0.269 e. The molecule has 150 valence electrons. The number of carbonyl (C=O) groups is 1. The molecule has 0 unspecified atom stereocenters. The van der Waals surface area contributed by atoms with Crippen molar-refractivity contribution in [3.05, 3.63) is 71.4 Å². The van der Waals surface area contributed by atoms with Crippen LogP contribution in [0.1, 0.15) is 47.5 Å². The topological polar surface area (TPSA) is 68.2 Å². The Morgan fingerprint density at radius 1 is 1.17 bits per heavy atom. The Bertz CT molecular complexity index is 991. The second kappa shape index (κ2) is 8.09. The number of nitrogens with one attached hydrogen (secondary N) is 2. The van der Waals surface area contributed by atoms with Crippen LogP contribution >= 0.6 is 0 Å². The standard InChI is InChI=1S/C23H26N4O2/c1-15(2)17-6-4-16(5-7-17)13-24-22-14-25-23(28)21-12-20(26-27(21)22)18-8-10-19(29-3)11-9-18/h4-12,15,22,24H,13-14H2,1-3H3,(H,25,28)/t22-/m0/s1. The molecule has 0 spiro atoms. The zero-order valence-electron chi connectivity index (χ0n) is 17.0. The number of aromatic nitrogens is 2. The summed E-state index contributed by atoms with van der Waals surface area (Å²) in [6.45, 7) is 5.59. The summed E-state index contributed by atoms with van der Waals surface area (Å²) in [5.41, 5.74) is 4.82. The summed E-state index contributed by atoms with van der Waals surface area (Å²) in [6, 6.07) is 18.2. The molecule has 0 bridgehead atoms. The monoisotopic (exact) mass is 390 g/mol. The number of hydrogen-bond acceptors (Lipinski definition) is 4. The molecule has 4 rings (SSSR count). The van der Waals surface area contributed by atoms with Gasteiger partial charge in [0.05, 0.1) is 19.3 Å². The van der Waals surface area contributed by atoms with Gasteiger partial charge in [0.2, 0.25) is 0 Å². The number of benzene rings is 2. The van der Waals surface area contributed by atoms with E-state index in [4.69, 9.17) is 9.84 Å². The molecule has 2 heterocycles. The molecule has 1 aliphatic rings. The molecule has 1 atom stereocenters. The van der Waals surface area contributed by atoms with Crippen molar-refractivity contribution in [3.63, 3.8) is 0 Å². The molecule has 0 aliphatic carbocycles. The van der Waals surface area contributed by atoms with Crippen molar-refractivity contribution in [3.8, 4) is 17.0 Å². The predicted octanol–water partition coefficient (Wildman–Crippen LogP) is 3.71. The summed E-state index contributed by atoms with van der Waals surface area (Å²) in [7, 11) is 1.64. The Morgan fingerprint density at radius 2 is 1.90 bits per heavy atom. The van der Waals surface area contributed by atoms with Gasteiger partial charge in [0.15, 0.2) is 0 Å². The molecule has 0 fully saturated rings. The molecular weight excluding hydrogens is 364 g/mol. The summed E-state index contributed by atoms with van der Waals surface area (Å²) in [5.74, 6) is 1.21. The van der Waals surface area contributed by atoms with Crippen molar-refractivity contribution in [2.45, 2.75) is 32.5 Å². The first kappa shape index (κ1) is 19.2. The number of fused-ring (bicyclic) bond motifs is 1. The quantitative estimate of drug-likeness (QED) is 0.673. The average molecular weight is 390 g/mol. The highest BCUT2D eigenvalue weighted by Gasteiger charge is 2.27. The van der Waals surface area contributed by atoms with Crippen LogP contribution in [0, 0.1) is 0 Å². The summed E-state index contributed by atoms with van der Waals surface area (Å²) in [6.07, 6.45) is -0.0977. The van der Waals surface area contributed by atoms with Crippen molar-refractivity contribution >= 4 is 5.91 Å². The molecule has 1 aliphatic heterocycles. The zero-order chi connectivity index (χ0) is 20.4. The number of carbonyl (C=O) groups excluding carboxylic acids is 1. The third-order valence-electron chi connectivity index (χ3n) is 5.29. The highest BCUT2D eigenvalue weighted by atomic mass is 16.5. The second-order valence-electron chi connectivity index (χ2n) is 7.59. The van der Waals surface area contributed by atoms with E-state index in [0.717, 1.165) is 17.0 Å². The highest BCUT2D eigenvalue weighted by molar-refractivity contribution is 5.94. The first-order valence-corrected chi connectivity index (χ1v) is 9.89. The van der Waals surface area contributed by atoms with E-state index >= 15 is 0 Å². The van der Waals surface area contributed by atoms with Crippen LogP contribution in [-0.4, -0.2) is 29.3 Å². The first-order valence-electron chi connectivity index (χ1n) is 9.89. The molecule has 1 aromatic heterocycles. The Hall–Kier alpha value is -3.12. The van der Waals surface area contributed by atoms with Crippen LogP contribution in [0.2, 0.25) is 0 Å². The van der Waals surface area contributed by atoms with Crippen LogP contribution in [0.25, 0.3) is 11.3 Å². The molecule has 6 nitrogen and oxygen atoms in total. The van der Waals surface area contributed by atoms with E-state index in [1.807, 2.05) is 30.3 Å². The minimum atomic E-state index is -0.100. The number of ether oxygens (including phenoxy) is 1. The molecule has 6 heteroatoms. The first-order chi connectivity index (χ1) is 14.0. The third kappa shape index (κ3) is 4.03. The lowest BCUT2D eigenvalue weighted by Gasteiger charge is -2.26. The van der Waals surface area contributed by atoms with Gasteiger partial charge in [0, 0.05) is 12.1 Å². The Labute approximate surface area is 170 Å². The molecule has 0 radical (unpaired) electrons. The fourth-order valence-corrected chi connectivity index (χ4v) is 3.49. The normalized spacial score (nSPS) is 15.9. The second-order valence-corrected chi connectivity index (χ2v) is 7.59. The molecule has 2 aromatic carbocycles. The van der Waals surface area contributed by atoms with E-state index in [1.165, 1.54) is 11.1 Å². The molecular formula is C23H26N4O2. The van der Waals surface area contributed by atoms with E-state index in [0.29, 0.717) is 24.7 Å². The number of hydrogen-bond donors (Lipinski definition) is 2. The lowest BCUT2D eigenvalue weighted by Crippen LogP contribution is -2.45. The van der Waals surface area contributed by atoms with Gasteiger partial charge >= 0.3 is 0 Å². The summed E-state index contributed by atoms with van der Waals surface area (Å²) in [4.78, 5) is 12.3. The maximum absolute atomic E-state index is 12.3. The van der Waals surface area contributed by atoms with Crippen molar-refractivity contribution < 1.29 is 9.53 Å². The SMILES string of the molecule is COc1ccc(-c2cc3n(n2)[C@H](NCc2ccc(C(C)C)cc2)CNC3=O)cc1. The van der Waals surface area contributed by atoms with Gasteiger partial charge in [0.25, 0.3) is 5.91 Å². The average Bonchev–Trinajstić information content (AvgIpc) is 3.20. The predicted molar refractivity (Wildman–Crippen MR) is 113 cm³/mol. The van der Waals surface area contributed by atoms with Gasteiger partial charge in [-0.05, 0) is 47.4 Å². The van der Waals surface area contributed by atoms with E-state index in [2.05, 4.69) is 48.7 Å². The van der Waals surface area contributed by atoms with Gasteiger partial charge in [-0.2, -0.15) is 5.10 Å². The molecule has 3 aromatic rings. The van der Waals surface area contributed by atoms with Gasteiger partial charge < -0.3 is 10.1 Å². The van der Waals surface area contributed by atoms with Crippen LogP contribution in [0.15, 0.2) is 54.6 Å². The third-order valence-corrected chi connectivity index (χ3v) is 5.29. The van der Waals surface area contributed by atoms with Crippen molar-refractivity contribution in [1.29, 1.82) is 0 Å². The van der Waals surface area contributed by atoms with Gasteiger partial charge in [-0.3, -0.25) is 10.1 Å². The van der Waals surface area contributed by atoms with Gasteiger partial charge in [-0.15, -0.1) is 0 Å². The van der Waals surface area contributed by atoms with Crippen LogP contribution in [0.4, 0.5) is 0 Å². The summed E-state index contributed by atoms with van der Waals surface area (Å²) in [5, 5.41) is 11.2. The molecule has 29 heavy (non-hydrogen) atoms. The van der Waals surface area contributed by atoms with E-state index < -0.39 is 0 Å². The van der Waals surface area contributed by atoms with E-state index in [1.54, 1.807) is 11.8 Å². The maximum atomic E-state index is 12.3. The van der Waals surface area contributed by atoms with Crippen molar-refractivity contribution in [2.24, 2.45) is 0 Å². The van der Waals surface area contributed by atoms with Gasteiger partial charge in [0.1, 0.15) is 17.6 Å². The van der Waals surface area contributed by atoms with E-state index in [9.17, 15) is 4.79 Å². The van der Waals surface area contributed by atoms with Crippen molar-refractivity contribution in [1.82, 2.24) is 20.4 Å². The number of rotatable bonds is 6. The lowest BCUT2D eigenvalue weighted by atomic mass is 10.0. The fourth-order valence-electron chi connectivity index (χ4n) is 3.49. The van der Waals surface area contributed by atoms with Crippen molar-refractivity contribution in [2.75, 3.05) is 13.7 Å². The van der Waals surface area contributed by atoms with Crippen LogP contribution in [-0.2, 0) is 6.54 Å². The zero-order valence-corrected chi connectivity index (χ0v) is 17.0. The molecule has 0 saturated carbocycles. The molecule has 1 amide bonds. The van der Waals surface area contributed by atoms with Crippen LogP contribution < -0.4 is 15.4 Å². The number of methoxy groups -OCH3 is 1. The van der Waals surface area contributed by atoms with E-state index in [-0.39, 0.29) is 12.1 Å².